The van der Waals surface area contributed by atoms with Gasteiger partial charge < -0.3 is 10.0 Å². The van der Waals surface area contributed by atoms with Gasteiger partial charge >= 0.3 is 12.1 Å². The minimum absolute atomic E-state index is 0.0108. The number of nitrogens with zero attached hydrogens (tertiary/aromatic N) is 3. The summed E-state index contributed by atoms with van der Waals surface area (Å²) in [5.74, 6) is -3.54. The molecule has 0 saturated heterocycles. The minimum Gasteiger partial charge on any atom is -0.481 e. The van der Waals surface area contributed by atoms with E-state index in [4.69, 9.17) is 23.2 Å². The van der Waals surface area contributed by atoms with Crippen molar-refractivity contribution >= 4 is 40.9 Å². The van der Waals surface area contributed by atoms with Crippen molar-refractivity contribution in [2.75, 3.05) is 13.1 Å². The first kappa shape index (κ1) is 31.3. The molecule has 41 heavy (non-hydrogen) atoms. The summed E-state index contributed by atoms with van der Waals surface area (Å²) in [4.78, 5) is 39.8. The summed E-state index contributed by atoms with van der Waals surface area (Å²) in [6, 6.07) is 1.05. The van der Waals surface area contributed by atoms with Crippen molar-refractivity contribution in [3.05, 3.63) is 51.0 Å². The fraction of sp³-hybridized carbons (Fsp3) is 0.571. The molecule has 0 atom stereocenters. The molecule has 0 radical (unpaired) electrons. The van der Waals surface area contributed by atoms with Crippen LogP contribution < -0.4 is 0 Å². The Bertz CT molecular complexity index is 1320. The van der Waals surface area contributed by atoms with Crippen molar-refractivity contribution in [2.45, 2.75) is 77.4 Å². The molecule has 1 amide bonds. The zero-order valence-electron chi connectivity index (χ0n) is 22.7. The molecule has 0 spiro atoms. The number of hydrogen-bond acceptors (Lipinski definition) is 4. The lowest BCUT2D eigenvalue weighted by Crippen LogP contribution is -2.43. The molecule has 1 N–H and O–H groups in total. The zero-order valence-corrected chi connectivity index (χ0v) is 24.2. The smallest absolute Gasteiger partial charge is 0.433 e. The van der Waals surface area contributed by atoms with Crippen molar-refractivity contribution in [3.8, 4) is 0 Å². The van der Waals surface area contributed by atoms with Crippen LogP contribution >= 0.6 is 23.2 Å². The average molecular weight is 620 g/mol. The number of amides is 1. The summed E-state index contributed by atoms with van der Waals surface area (Å²) in [5, 5.41) is 12.9. The van der Waals surface area contributed by atoms with Gasteiger partial charge in [0.05, 0.1) is 45.4 Å². The van der Waals surface area contributed by atoms with E-state index in [0.29, 0.717) is 0 Å². The number of alkyl halides is 3. The number of benzene rings is 1. The highest BCUT2D eigenvalue weighted by Crippen LogP contribution is 2.44. The second-order valence-electron chi connectivity index (χ2n) is 11.8. The van der Waals surface area contributed by atoms with Gasteiger partial charge in [0.2, 0.25) is 0 Å². The van der Waals surface area contributed by atoms with Crippen LogP contribution in [0.25, 0.3) is 0 Å². The molecule has 1 aromatic carbocycles. The molecule has 0 unspecified atom stereocenters. The number of aromatic nitrogens is 2. The van der Waals surface area contributed by atoms with E-state index in [1.807, 2.05) is 6.92 Å². The number of ketones is 1. The van der Waals surface area contributed by atoms with Crippen LogP contribution in [0, 0.1) is 16.6 Å². The molecule has 1 heterocycles. The van der Waals surface area contributed by atoms with Gasteiger partial charge in [-0.15, -0.1) is 0 Å². The average Bonchev–Trinajstić information content (AvgIpc) is 3.50. The number of carbonyl (C=O) groups is 3. The van der Waals surface area contributed by atoms with Gasteiger partial charge in [-0.3, -0.25) is 19.1 Å². The first-order valence-corrected chi connectivity index (χ1v) is 14.2. The van der Waals surface area contributed by atoms with Gasteiger partial charge in [-0.1, -0.05) is 43.0 Å². The topological polar surface area (TPSA) is 92.5 Å². The summed E-state index contributed by atoms with van der Waals surface area (Å²) in [6.45, 7) is 2.86. The quantitative estimate of drug-likeness (QED) is 0.244. The molecule has 4 rings (SSSR count). The molecule has 2 saturated carbocycles. The summed E-state index contributed by atoms with van der Waals surface area (Å²) in [5.41, 5.74) is -3.63. The lowest BCUT2D eigenvalue weighted by atomic mass is 9.74. The van der Waals surface area contributed by atoms with Crippen molar-refractivity contribution in [1.29, 1.82) is 0 Å². The van der Waals surface area contributed by atoms with Gasteiger partial charge in [0.1, 0.15) is 5.82 Å². The number of Topliss-reactive ketones (excluding diaryl/α,β-unsaturated/α-hetero) is 1. The highest BCUT2D eigenvalue weighted by molar-refractivity contribution is 6.40. The molecule has 13 heteroatoms. The summed E-state index contributed by atoms with van der Waals surface area (Å²) in [7, 11) is 0. The molecule has 0 bridgehead atoms. The Morgan fingerprint density at radius 3 is 2.15 bits per heavy atom. The fourth-order valence-corrected chi connectivity index (χ4v) is 6.73. The SMILES string of the molecule is CC1(CN(CC(=O)c2c(Cl)cc(F)cc2Cl)C(=O)c2cnn([C@H]3CC[C@](C)(C(=O)O)CC3)c2C(F)(F)F)CCCC1. The number of hydrogen-bond donors (Lipinski definition) is 1. The lowest BCUT2D eigenvalue weighted by molar-refractivity contribution is -0.152. The van der Waals surface area contributed by atoms with Crippen LogP contribution in [0.15, 0.2) is 18.3 Å². The maximum atomic E-state index is 14.5. The largest absolute Gasteiger partial charge is 0.481 e. The van der Waals surface area contributed by atoms with Gasteiger partial charge in [0, 0.05) is 6.54 Å². The van der Waals surface area contributed by atoms with Crippen LogP contribution in [0.1, 0.15) is 97.7 Å². The Labute approximate surface area is 244 Å². The second-order valence-corrected chi connectivity index (χ2v) is 12.6. The van der Waals surface area contributed by atoms with Gasteiger partial charge in [-0.05, 0) is 63.0 Å². The molecular formula is C28H31Cl2F4N3O4. The van der Waals surface area contributed by atoms with Crippen LogP contribution in [-0.2, 0) is 11.0 Å². The van der Waals surface area contributed by atoms with Crippen LogP contribution in [0.4, 0.5) is 17.6 Å². The Morgan fingerprint density at radius 1 is 1.07 bits per heavy atom. The van der Waals surface area contributed by atoms with Gasteiger partial charge in [-0.25, -0.2) is 4.39 Å². The molecule has 2 aliphatic carbocycles. The first-order valence-electron chi connectivity index (χ1n) is 13.4. The van der Waals surface area contributed by atoms with Crippen molar-refractivity contribution in [3.63, 3.8) is 0 Å². The minimum atomic E-state index is -4.95. The second kappa shape index (κ2) is 11.6. The monoisotopic (exact) mass is 619 g/mol. The highest BCUT2D eigenvalue weighted by Gasteiger charge is 2.45. The van der Waals surface area contributed by atoms with Gasteiger partial charge in [0.25, 0.3) is 5.91 Å². The summed E-state index contributed by atoms with van der Waals surface area (Å²) < 4.78 is 58.0. The molecule has 7 nitrogen and oxygen atoms in total. The molecule has 224 valence electrons. The van der Waals surface area contributed by atoms with E-state index in [-0.39, 0.29) is 47.8 Å². The van der Waals surface area contributed by atoms with Gasteiger partial charge in [-0.2, -0.15) is 18.3 Å². The predicted molar refractivity (Wildman–Crippen MR) is 144 cm³/mol. The zero-order chi connectivity index (χ0) is 30.3. The molecule has 2 fully saturated rings. The van der Waals surface area contributed by atoms with E-state index in [0.717, 1.165) is 53.6 Å². The molecule has 1 aromatic heterocycles. The van der Waals surface area contributed by atoms with E-state index in [2.05, 4.69) is 5.10 Å². The van der Waals surface area contributed by atoms with Crippen molar-refractivity contribution in [1.82, 2.24) is 14.7 Å². The van der Waals surface area contributed by atoms with Crippen molar-refractivity contribution in [2.24, 2.45) is 10.8 Å². The van der Waals surface area contributed by atoms with Crippen LogP contribution in [0.3, 0.4) is 0 Å². The molecule has 2 aliphatic rings. The Kier molecular flexibility index (Phi) is 8.81. The normalized spacial score (nSPS) is 22.5. The third-order valence-electron chi connectivity index (χ3n) is 8.51. The maximum absolute atomic E-state index is 14.5. The van der Waals surface area contributed by atoms with Crippen LogP contribution in [-0.4, -0.2) is 50.5 Å². The first-order chi connectivity index (χ1) is 19.0. The van der Waals surface area contributed by atoms with E-state index < -0.39 is 64.3 Å². The highest BCUT2D eigenvalue weighted by atomic mass is 35.5. The van der Waals surface area contributed by atoms with E-state index in [9.17, 15) is 37.1 Å². The number of halogens is 6. The van der Waals surface area contributed by atoms with E-state index >= 15 is 0 Å². The lowest BCUT2D eigenvalue weighted by Gasteiger charge is -2.35. The van der Waals surface area contributed by atoms with E-state index in [1.54, 1.807) is 6.92 Å². The van der Waals surface area contributed by atoms with Crippen LogP contribution in [0.2, 0.25) is 10.0 Å². The summed E-state index contributed by atoms with van der Waals surface area (Å²) in [6.07, 6.45) is -0.287. The Hall–Kier alpha value is -2.66. The number of carboxylic acids is 1. The molecule has 0 aliphatic heterocycles. The van der Waals surface area contributed by atoms with E-state index in [1.165, 1.54) is 0 Å². The standard InChI is InChI=1S/C28H31Cl2F4N3O4/c1-26(7-3-4-8-26)15-36(14-21(38)22-19(29)11-16(31)12-20(22)30)24(39)18-13-35-37(23(18)28(32,33)34)17-5-9-27(2,10-6-17)25(40)41/h11-13,17H,3-10,14-15H2,1-2H3,(H,40,41)/t17-,27-. The summed E-state index contributed by atoms with van der Waals surface area (Å²) >= 11 is 12.1. The number of rotatable bonds is 8. The maximum Gasteiger partial charge on any atom is 0.433 e. The fourth-order valence-electron chi connectivity index (χ4n) is 6.05. The van der Waals surface area contributed by atoms with Crippen LogP contribution in [0.5, 0.6) is 0 Å². The number of carboxylic acid groups (broad SMARTS) is 1. The number of aliphatic carboxylic acids is 1. The predicted octanol–water partition coefficient (Wildman–Crippen LogP) is 7.46. The molecule has 2 aromatic rings. The third kappa shape index (κ3) is 6.56. The number of carbonyl (C=O) groups excluding carboxylic acids is 2. The Balaban J connectivity index is 1.69. The van der Waals surface area contributed by atoms with Crippen molar-refractivity contribution < 1.29 is 37.1 Å². The van der Waals surface area contributed by atoms with Gasteiger partial charge in [0.15, 0.2) is 11.5 Å². The molecular weight excluding hydrogens is 589 g/mol. The third-order valence-corrected chi connectivity index (χ3v) is 9.10. The Morgan fingerprint density at radius 2 is 1.63 bits per heavy atom.